The van der Waals surface area contributed by atoms with Gasteiger partial charge in [-0.2, -0.15) is 0 Å². The van der Waals surface area contributed by atoms with E-state index in [1.807, 2.05) is 0 Å². The average molecular weight is 570 g/mol. The second-order valence-corrected chi connectivity index (χ2v) is 9.19. The van der Waals surface area contributed by atoms with E-state index in [4.69, 9.17) is 30.2 Å². The van der Waals surface area contributed by atoms with E-state index in [9.17, 15) is 20.0 Å². The van der Waals surface area contributed by atoms with E-state index in [-0.39, 0.29) is 28.3 Å². The van der Waals surface area contributed by atoms with Crippen molar-refractivity contribution in [2.45, 2.75) is 11.8 Å². The summed E-state index contributed by atoms with van der Waals surface area (Å²) < 4.78 is 22.2. The number of rotatable bonds is 11. The Labute approximate surface area is 231 Å². The number of aliphatic carboxylic acids is 1. The maximum atomic E-state index is 12.0. The summed E-state index contributed by atoms with van der Waals surface area (Å²) in [4.78, 5) is 22.2. The van der Waals surface area contributed by atoms with Gasteiger partial charge in [-0.15, -0.1) is 10.2 Å². The lowest BCUT2D eigenvalue weighted by Gasteiger charge is -2.11. The quantitative estimate of drug-likeness (QED) is 0.0964. The van der Waals surface area contributed by atoms with Crippen LogP contribution in [-0.2, 0) is 11.4 Å². The Balaban J connectivity index is 1.51. The van der Waals surface area contributed by atoms with E-state index in [1.165, 1.54) is 32.4 Å². The number of halogens is 1. The summed E-state index contributed by atoms with van der Waals surface area (Å²) in [5.74, 6) is 0.176. The van der Waals surface area contributed by atoms with E-state index in [1.54, 1.807) is 48.5 Å². The van der Waals surface area contributed by atoms with Crippen LogP contribution in [0.3, 0.4) is 0 Å². The molecule has 0 unspecified atom stereocenters. The Morgan fingerprint density at radius 3 is 2.44 bits per heavy atom. The van der Waals surface area contributed by atoms with Crippen LogP contribution in [0.15, 0.2) is 75.2 Å². The fraction of sp³-hybridized carbons (Fsp3) is 0.115. The number of hydrogen-bond donors (Lipinski definition) is 1. The lowest BCUT2D eigenvalue weighted by Crippen LogP contribution is -1.99. The molecule has 0 amide bonds. The molecule has 1 N–H and O–H groups in total. The van der Waals surface area contributed by atoms with Crippen LogP contribution in [0, 0.1) is 10.1 Å². The maximum absolute atomic E-state index is 12.0. The molecule has 0 fully saturated rings. The van der Waals surface area contributed by atoms with Crippen LogP contribution in [0.5, 0.6) is 17.2 Å². The number of carboxylic acids is 1. The predicted octanol–water partition coefficient (Wildman–Crippen LogP) is 6.11. The molecule has 0 saturated heterocycles. The van der Waals surface area contributed by atoms with Gasteiger partial charge >= 0.3 is 5.97 Å². The number of non-ortho nitro benzene ring substituents is 1. The summed E-state index contributed by atoms with van der Waals surface area (Å²) >= 11 is 6.85. The molecule has 13 heteroatoms. The van der Waals surface area contributed by atoms with Gasteiger partial charge in [0.15, 0.2) is 11.5 Å². The van der Waals surface area contributed by atoms with Gasteiger partial charge in [0.05, 0.1) is 24.7 Å². The third-order valence-corrected chi connectivity index (χ3v) is 6.32. The molecule has 0 saturated carbocycles. The van der Waals surface area contributed by atoms with Crippen molar-refractivity contribution in [3.8, 4) is 28.7 Å². The number of aromatic nitrogens is 2. The van der Waals surface area contributed by atoms with Gasteiger partial charge in [-0.25, -0.2) is 4.79 Å². The molecule has 39 heavy (non-hydrogen) atoms. The molecule has 0 atom stereocenters. The summed E-state index contributed by atoms with van der Waals surface area (Å²) in [5.41, 5.74) is 1.71. The summed E-state index contributed by atoms with van der Waals surface area (Å²) in [7, 11) is 2.95. The first-order valence-corrected chi connectivity index (χ1v) is 12.3. The number of methoxy groups -OCH3 is 2. The minimum Gasteiger partial charge on any atom is -0.496 e. The number of nitrogens with zero attached hydrogens (tertiary/aromatic N) is 3. The van der Waals surface area contributed by atoms with Crippen LogP contribution >= 0.6 is 23.4 Å². The van der Waals surface area contributed by atoms with Crippen molar-refractivity contribution in [2.24, 2.45) is 0 Å². The topological polar surface area (TPSA) is 147 Å². The summed E-state index contributed by atoms with van der Waals surface area (Å²) in [6, 6.07) is 15.8. The molecule has 3 aromatic carbocycles. The molecule has 0 spiro atoms. The van der Waals surface area contributed by atoms with Gasteiger partial charge in [-0.3, -0.25) is 10.1 Å². The minimum absolute atomic E-state index is 0.00990. The zero-order chi connectivity index (χ0) is 27.9. The monoisotopic (exact) mass is 569 g/mol. The SMILES string of the molecule is COc1cc(/C=C(\Sc2nnc(-c3cc(Cl)ccc3OC)o2)C(=O)O)ccc1OCc1ccc([N+](=O)[O-])cc1. The number of carbonyl (C=O) groups is 1. The van der Waals surface area contributed by atoms with Crippen molar-refractivity contribution in [2.75, 3.05) is 14.2 Å². The lowest BCUT2D eigenvalue weighted by atomic mass is 10.2. The van der Waals surface area contributed by atoms with Crippen molar-refractivity contribution in [3.63, 3.8) is 0 Å². The van der Waals surface area contributed by atoms with Gasteiger partial charge in [-0.1, -0.05) is 17.7 Å². The number of hydrogen-bond acceptors (Lipinski definition) is 10. The fourth-order valence-electron chi connectivity index (χ4n) is 3.36. The number of carboxylic acid groups (broad SMARTS) is 1. The summed E-state index contributed by atoms with van der Waals surface area (Å²) in [6.07, 6.45) is 1.43. The zero-order valence-electron chi connectivity index (χ0n) is 20.5. The Morgan fingerprint density at radius 1 is 1.05 bits per heavy atom. The highest BCUT2D eigenvalue weighted by atomic mass is 35.5. The van der Waals surface area contributed by atoms with Gasteiger partial charge < -0.3 is 23.7 Å². The predicted molar refractivity (Wildman–Crippen MR) is 143 cm³/mol. The van der Waals surface area contributed by atoms with Crippen LogP contribution in [0.1, 0.15) is 11.1 Å². The van der Waals surface area contributed by atoms with Crippen molar-refractivity contribution < 1.29 is 33.5 Å². The van der Waals surface area contributed by atoms with E-state index in [0.717, 1.165) is 17.3 Å². The molecule has 1 heterocycles. The fourth-order valence-corrected chi connectivity index (χ4v) is 4.20. The smallest absolute Gasteiger partial charge is 0.342 e. The average Bonchev–Trinajstić information content (AvgIpc) is 3.40. The minimum atomic E-state index is -1.20. The number of ether oxygens (including phenoxy) is 3. The van der Waals surface area contributed by atoms with Gasteiger partial charge in [0, 0.05) is 17.2 Å². The van der Waals surface area contributed by atoms with Gasteiger partial charge in [0.25, 0.3) is 16.8 Å². The molecule has 0 aliphatic carbocycles. The van der Waals surface area contributed by atoms with Gasteiger partial charge in [0.1, 0.15) is 17.3 Å². The van der Waals surface area contributed by atoms with Gasteiger partial charge in [0.2, 0.25) is 0 Å². The maximum Gasteiger partial charge on any atom is 0.342 e. The van der Waals surface area contributed by atoms with Crippen molar-refractivity contribution in [1.29, 1.82) is 0 Å². The Kier molecular flexibility index (Phi) is 8.69. The molecular weight excluding hydrogens is 550 g/mol. The van der Waals surface area contributed by atoms with Crippen LogP contribution in [0.2, 0.25) is 5.02 Å². The first kappa shape index (κ1) is 27.5. The van der Waals surface area contributed by atoms with E-state index in [0.29, 0.717) is 33.4 Å². The van der Waals surface area contributed by atoms with Crippen LogP contribution in [0.4, 0.5) is 5.69 Å². The number of benzene rings is 3. The van der Waals surface area contributed by atoms with E-state index >= 15 is 0 Å². The van der Waals surface area contributed by atoms with Crippen LogP contribution in [0.25, 0.3) is 17.5 Å². The normalized spacial score (nSPS) is 11.2. The highest BCUT2D eigenvalue weighted by Gasteiger charge is 2.19. The van der Waals surface area contributed by atoms with Crippen LogP contribution in [-0.4, -0.2) is 40.4 Å². The highest BCUT2D eigenvalue weighted by Crippen LogP contribution is 2.36. The molecular formula is C26H20ClN3O8S. The first-order valence-electron chi connectivity index (χ1n) is 11.1. The van der Waals surface area contributed by atoms with E-state index < -0.39 is 10.9 Å². The Hall–Kier alpha value is -4.55. The van der Waals surface area contributed by atoms with Crippen molar-refractivity contribution in [1.82, 2.24) is 10.2 Å². The molecule has 200 valence electrons. The molecule has 0 aliphatic heterocycles. The largest absolute Gasteiger partial charge is 0.496 e. The van der Waals surface area contributed by atoms with Crippen molar-refractivity contribution >= 4 is 41.1 Å². The number of nitro benzene ring substituents is 1. The molecule has 0 radical (unpaired) electrons. The number of thioether (sulfide) groups is 1. The molecule has 0 bridgehead atoms. The second kappa shape index (κ2) is 12.3. The molecule has 4 aromatic rings. The highest BCUT2D eigenvalue weighted by molar-refractivity contribution is 8.03. The molecule has 0 aliphatic rings. The van der Waals surface area contributed by atoms with Gasteiger partial charge in [-0.05, 0) is 71.4 Å². The third kappa shape index (κ3) is 6.86. The first-order chi connectivity index (χ1) is 18.8. The Morgan fingerprint density at radius 2 is 1.77 bits per heavy atom. The molecule has 4 rings (SSSR count). The summed E-state index contributed by atoms with van der Waals surface area (Å²) in [5, 5.41) is 29.0. The zero-order valence-corrected chi connectivity index (χ0v) is 22.1. The summed E-state index contributed by atoms with van der Waals surface area (Å²) in [6.45, 7) is 0.149. The molecule has 1 aromatic heterocycles. The van der Waals surface area contributed by atoms with Crippen molar-refractivity contribution in [3.05, 3.63) is 91.8 Å². The number of nitro groups is 1. The lowest BCUT2D eigenvalue weighted by molar-refractivity contribution is -0.384. The molecule has 11 nitrogen and oxygen atoms in total. The van der Waals surface area contributed by atoms with E-state index in [2.05, 4.69) is 10.2 Å². The van der Waals surface area contributed by atoms with Crippen LogP contribution < -0.4 is 14.2 Å². The Bertz CT molecular complexity index is 1540. The standard InChI is InChI=1S/C26H20ClN3O8S/c1-35-20-10-6-17(27)13-19(20)24-28-29-26(38-24)39-23(25(31)32)12-16-5-9-21(22(11-16)36-2)37-14-15-3-7-18(8-4-15)30(33)34/h3-13H,14H2,1-2H3,(H,31,32)/b23-12-. The second-order valence-electron chi connectivity index (χ2n) is 7.76. The third-order valence-electron chi connectivity index (χ3n) is 5.23.